The summed E-state index contributed by atoms with van der Waals surface area (Å²) in [5, 5.41) is 3.88. The first-order valence-corrected chi connectivity index (χ1v) is 6.12. The zero-order chi connectivity index (χ0) is 13.8. The van der Waals surface area contributed by atoms with Crippen LogP contribution in [0.5, 0.6) is 0 Å². The highest BCUT2D eigenvalue weighted by Gasteiger charge is 2.17. The van der Waals surface area contributed by atoms with E-state index in [2.05, 4.69) is 34.0 Å². The summed E-state index contributed by atoms with van der Waals surface area (Å²) in [5.74, 6) is 1.65. The number of carbonyl (C=O) groups is 1. The molecule has 2 rings (SSSR count). The van der Waals surface area contributed by atoms with Gasteiger partial charge in [-0.25, -0.2) is 4.98 Å². The molecule has 2 heterocycles. The van der Waals surface area contributed by atoms with Crippen molar-refractivity contribution in [3.05, 3.63) is 29.9 Å². The van der Waals surface area contributed by atoms with E-state index in [0.717, 1.165) is 6.42 Å². The van der Waals surface area contributed by atoms with E-state index in [1.165, 1.54) is 11.1 Å². The molecule has 7 nitrogen and oxygen atoms in total. The van der Waals surface area contributed by atoms with Crippen molar-refractivity contribution in [1.29, 1.82) is 0 Å². The zero-order valence-corrected chi connectivity index (χ0v) is 11.3. The van der Waals surface area contributed by atoms with Crippen molar-refractivity contribution >= 4 is 5.91 Å². The molecule has 0 fully saturated rings. The molecule has 0 saturated carbocycles. The van der Waals surface area contributed by atoms with E-state index in [4.69, 9.17) is 4.52 Å². The van der Waals surface area contributed by atoms with Crippen LogP contribution in [0.25, 0.3) is 0 Å². The fourth-order valence-electron chi connectivity index (χ4n) is 1.64. The van der Waals surface area contributed by atoms with Gasteiger partial charge in [-0.2, -0.15) is 4.98 Å². The summed E-state index contributed by atoms with van der Waals surface area (Å²) in [6.45, 7) is 4.44. The van der Waals surface area contributed by atoms with E-state index < -0.39 is 0 Å². The molecule has 0 aliphatic rings. The number of amides is 1. The molecular weight excluding hydrogens is 246 g/mol. The van der Waals surface area contributed by atoms with Crippen molar-refractivity contribution in [2.24, 2.45) is 5.92 Å². The van der Waals surface area contributed by atoms with E-state index in [1.807, 2.05) is 0 Å². The maximum atomic E-state index is 11.9. The molecule has 0 radical (unpaired) electrons. The number of nitrogens with one attached hydrogen (secondary N) is 1. The minimum atomic E-state index is -0.214. The lowest BCUT2D eigenvalue weighted by molar-refractivity contribution is 0.0758. The summed E-state index contributed by atoms with van der Waals surface area (Å²) in [6, 6.07) is 0. The number of rotatable bonds is 5. The van der Waals surface area contributed by atoms with E-state index in [-0.39, 0.29) is 12.5 Å². The van der Waals surface area contributed by atoms with Crippen molar-refractivity contribution in [1.82, 2.24) is 25.0 Å². The Hall–Kier alpha value is -2.18. The maximum absolute atomic E-state index is 11.9. The molecule has 2 aromatic rings. The van der Waals surface area contributed by atoms with Gasteiger partial charge in [-0.15, -0.1) is 0 Å². The molecule has 0 spiro atoms. The Bertz CT molecular complexity index is 532. The SMILES string of the molecule is CC(C)Cc1noc(CN(C)C(=O)c2ncc[nH]2)n1. The van der Waals surface area contributed by atoms with Gasteiger partial charge in [0.25, 0.3) is 5.91 Å². The summed E-state index contributed by atoms with van der Waals surface area (Å²) in [4.78, 5) is 24.3. The molecule has 2 aromatic heterocycles. The molecule has 0 unspecified atom stereocenters. The second-order valence-corrected chi connectivity index (χ2v) is 4.80. The number of imidazole rings is 1. The number of hydrogen-bond acceptors (Lipinski definition) is 5. The maximum Gasteiger partial charge on any atom is 0.289 e. The van der Waals surface area contributed by atoms with Crippen LogP contribution < -0.4 is 0 Å². The Morgan fingerprint density at radius 2 is 2.32 bits per heavy atom. The summed E-state index contributed by atoms with van der Waals surface area (Å²) in [7, 11) is 1.66. The van der Waals surface area contributed by atoms with Gasteiger partial charge in [0.05, 0.1) is 0 Å². The average Bonchev–Trinajstić information content (AvgIpc) is 2.98. The average molecular weight is 263 g/mol. The molecular formula is C12H17N5O2. The summed E-state index contributed by atoms with van der Waals surface area (Å²) in [5.41, 5.74) is 0. The third-order valence-corrected chi connectivity index (χ3v) is 2.52. The Kier molecular flexibility index (Phi) is 3.94. The molecule has 0 bridgehead atoms. The van der Waals surface area contributed by atoms with Crippen LogP contribution in [-0.2, 0) is 13.0 Å². The Morgan fingerprint density at radius 1 is 1.53 bits per heavy atom. The summed E-state index contributed by atoms with van der Waals surface area (Å²) in [6.07, 6.45) is 3.91. The summed E-state index contributed by atoms with van der Waals surface area (Å²) >= 11 is 0. The molecule has 0 aliphatic heterocycles. The molecule has 0 saturated heterocycles. The summed E-state index contributed by atoms with van der Waals surface area (Å²) < 4.78 is 5.12. The molecule has 0 aliphatic carbocycles. The first kappa shape index (κ1) is 13.3. The van der Waals surface area contributed by atoms with Crippen molar-refractivity contribution in [2.45, 2.75) is 26.8 Å². The lowest BCUT2D eigenvalue weighted by atomic mass is 10.1. The zero-order valence-electron chi connectivity index (χ0n) is 11.3. The Morgan fingerprint density at radius 3 is 2.95 bits per heavy atom. The normalized spacial score (nSPS) is 10.9. The number of aromatic amines is 1. The van der Waals surface area contributed by atoms with E-state index in [1.54, 1.807) is 13.2 Å². The largest absolute Gasteiger partial charge is 0.341 e. The Balaban J connectivity index is 1.97. The highest BCUT2D eigenvalue weighted by atomic mass is 16.5. The first-order chi connectivity index (χ1) is 9.06. The van der Waals surface area contributed by atoms with Crippen molar-refractivity contribution < 1.29 is 9.32 Å². The van der Waals surface area contributed by atoms with Gasteiger partial charge in [-0.05, 0) is 5.92 Å². The van der Waals surface area contributed by atoms with Crippen LogP contribution >= 0.6 is 0 Å². The van der Waals surface area contributed by atoms with Gasteiger partial charge < -0.3 is 14.4 Å². The van der Waals surface area contributed by atoms with Gasteiger partial charge in [0.15, 0.2) is 11.6 Å². The van der Waals surface area contributed by atoms with Crippen LogP contribution in [0.4, 0.5) is 0 Å². The van der Waals surface area contributed by atoms with Crippen LogP contribution in [0.3, 0.4) is 0 Å². The van der Waals surface area contributed by atoms with Crippen LogP contribution in [0.1, 0.15) is 36.2 Å². The molecule has 102 valence electrons. The minimum absolute atomic E-state index is 0.214. The monoisotopic (exact) mass is 263 g/mol. The smallest absolute Gasteiger partial charge is 0.289 e. The molecule has 0 atom stereocenters. The van der Waals surface area contributed by atoms with Gasteiger partial charge in [0, 0.05) is 25.9 Å². The van der Waals surface area contributed by atoms with Crippen LogP contribution in [0, 0.1) is 5.92 Å². The van der Waals surface area contributed by atoms with Crippen molar-refractivity contribution in [3.8, 4) is 0 Å². The molecule has 19 heavy (non-hydrogen) atoms. The Labute approximate surface area is 111 Å². The number of hydrogen-bond donors (Lipinski definition) is 1. The third kappa shape index (κ3) is 3.40. The fraction of sp³-hybridized carbons (Fsp3) is 0.500. The molecule has 7 heteroatoms. The lowest BCUT2D eigenvalue weighted by Crippen LogP contribution is -2.27. The predicted molar refractivity (Wildman–Crippen MR) is 67.2 cm³/mol. The number of aromatic nitrogens is 4. The highest BCUT2D eigenvalue weighted by Crippen LogP contribution is 2.07. The van der Waals surface area contributed by atoms with Gasteiger partial charge in [-0.3, -0.25) is 4.79 Å². The quantitative estimate of drug-likeness (QED) is 0.877. The van der Waals surface area contributed by atoms with E-state index >= 15 is 0 Å². The number of carbonyl (C=O) groups excluding carboxylic acids is 1. The van der Waals surface area contributed by atoms with Crippen molar-refractivity contribution in [3.63, 3.8) is 0 Å². The standard InChI is InChI=1S/C12H17N5O2/c1-8(2)6-9-15-10(19-16-9)7-17(3)12(18)11-13-4-5-14-11/h4-5,8H,6-7H2,1-3H3,(H,13,14). The first-order valence-electron chi connectivity index (χ1n) is 6.12. The third-order valence-electron chi connectivity index (χ3n) is 2.52. The second-order valence-electron chi connectivity index (χ2n) is 4.80. The van der Waals surface area contributed by atoms with Crippen LogP contribution in [0.15, 0.2) is 16.9 Å². The van der Waals surface area contributed by atoms with Gasteiger partial charge >= 0.3 is 0 Å². The topological polar surface area (TPSA) is 87.9 Å². The van der Waals surface area contributed by atoms with Crippen molar-refractivity contribution in [2.75, 3.05) is 7.05 Å². The number of H-pyrrole nitrogens is 1. The van der Waals surface area contributed by atoms with Gasteiger partial charge in [0.1, 0.15) is 6.54 Å². The lowest BCUT2D eigenvalue weighted by Gasteiger charge is -2.12. The molecule has 0 aromatic carbocycles. The van der Waals surface area contributed by atoms with Crippen LogP contribution in [-0.4, -0.2) is 38.0 Å². The van der Waals surface area contributed by atoms with E-state index in [9.17, 15) is 4.79 Å². The van der Waals surface area contributed by atoms with Crippen LogP contribution in [0.2, 0.25) is 0 Å². The predicted octanol–water partition coefficient (Wildman–Crippen LogP) is 1.26. The van der Waals surface area contributed by atoms with E-state index in [0.29, 0.717) is 23.5 Å². The van der Waals surface area contributed by atoms with Gasteiger partial charge in [-0.1, -0.05) is 19.0 Å². The molecule has 1 amide bonds. The number of nitrogens with zero attached hydrogens (tertiary/aromatic N) is 4. The highest BCUT2D eigenvalue weighted by molar-refractivity contribution is 5.90. The molecule has 1 N–H and O–H groups in total. The second kappa shape index (κ2) is 5.64. The van der Waals surface area contributed by atoms with Gasteiger partial charge in [0.2, 0.25) is 5.89 Å². The minimum Gasteiger partial charge on any atom is -0.341 e. The fourth-order valence-corrected chi connectivity index (χ4v) is 1.64.